The number of hydrogen-bond acceptors (Lipinski definition) is 1. The van der Waals surface area contributed by atoms with Crippen molar-refractivity contribution >= 4 is 0 Å². The Labute approximate surface area is 93.1 Å². The summed E-state index contributed by atoms with van der Waals surface area (Å²) in [6.07, 6.45) is 4.46. The molecule has 1 N–H and O–H groups in total. The topological polar surface area (TPSA) is 20.2 Å². The molecule has 0 aliphatic carbocycles. The summed E-state index contributed by atoms with van der Waals surface area (Å²) in [6, 6.07) is 10.5. The van der Waals surface area contributed by atoms with Crippen molar-refractivity contribution in [3.63, 3.8) is 0 Å². The van der Waals surface area contributed by atoms with Crippen LogP contribution in [0.15, 0.2) is 30.3 Å². The van der Waals surface area contributed by atoms with Gasteiger partial charge in [0, 0.05) is 6.61 Å². The molecule has 1 aromatic carbocycles. The Bertz CT molecular complexity index is 268. The molecule has 1 rings (SSSR count). The molecule has 0 aliphatic heterocycles. The third-order valence-corrected chi connectivity index (χ3v) is 3.22. The first kappa shape index (κ1) is 12.3. The molecule has 0 bridgehead atoms. The summed E-state index contributed by atoms with van der Waals surface area (Å²) in [5.74, 6) is 0. The van der Waals surface area contributed by atoms with E-state index in [1.54, 1.807) is 0 Å². The van der Waals surface area contributed by atoms with Gasteiger partial charge in [-0.15, -0.1) is 0 Å². The fraction of sp³-hybridized carbons (Fsp3) is 0.571. The van der Waals surface area contributed by atoms with Gasteiger partial charge >= 0.3 is 0 Å². The van der Waals surface area contributed by atoms with Crippen LogP contribution in [0.25, 0.3) is 0 Å². The monoisotopic (exact) mass is 206 g/mol. The maximum atomic E-state index is 9.16. The van der Waals surface area contributed by atoms with Gasteiger partial charge in [-0.25, -0.2) is 0 Å². The summed E-state index contributed by atoms with van der Waals surface area (Å²) in [7, 11) is 0. The Morgan fingerprint density at radius 3 is 2.33 bits per heavy atom. The lowest BCUT2D eigenvalue weighted by Gasteiger charge is -2.29. The van der Waals surface area contributed by atoms with E-state index in [0.29, 0.717) is 0 Å². The number of unbranched alkanes of at least 4 members (excludes halogenated alkanes) is 1. The summed E-state index contributed by atoms with van der Waals surface area (Å²) < 4.78 is 0. The zero-order chi connectivity index (χ0) is 11.1. The number of benzene rings is 1. The summed E-state index contributed by atoms with van der Waals surface area (Å²) in [4.78, 5) is 0. The Morgan fingerprint density at radius 2 is 1.80 bits per heavy atom. The van der Waals surface area contributed by atoms with Gasteiger partial charge in [0.15, 0.2) is 0 Å². The highest BCUT2D eigenvalue weighted by Gasteiger charge is 2.24. The largest absolute Gasteiger partial charge is 0.396 e. The average molecular weight is 206 g/mol. The molecule has 0 saturated carbocycles. The summed E-state index contributed by atoms with van der Waals surface area (Å²) in [5, 5.41) is 9.16. The molecule has 0 amide bonds. The van der Waals surface area contributed by atoms with Gasteiger partial charge in [-0.05, 0) is 23.8 Å². The van der Waals surface area contributed by atoms with Crippen LogP contribution in [0.5, 0.6) is 0 Å². The molecule has 1 atom stereocenters. The van der Waals surface area contributed by atoms with E-state index in [2.05, 4.69) is 38.1 Å². The molecule has 1 unspecified atom stereocenters. The first-order chi connectivity index (χ1) is 7.23. The Kier molecular flexibility index (Phi) is 4.83. The molecule has 0 saturated heterocycles. The second-order valence-corrected chi connectivity index (χ2v) is 4.50. The van der Waals surface area contributed by atoms with Crippen LogP contribution in [0.1, 0.15) is 45.1 Å². The van der Waals surface area contributed by atoms with Crippen molar-refractivity contribution in [2.75, 3.05) is 6.61 Å². The first-order valence-corrected chi connectivity index (χ1v) is 5.89. The van der Waals surface area contributed by atoms with Crippen LogP contribution in [0.2, 0.25) is 0 Å². The van der Waals surface area contributed by atoms with E-state index in [1.807, 2.05) is 6.07 Å². The van der Waals surface area contributed by atoms with Gasteiger partial charge < -0.3 is 5.11 Å². The van der Waals surface area contributed by atoms with Gasteiger partial charge in [0.25, 0.3) is 0 Å². The average Bonchev–Trinajstić information content (AvgIpc) is 2.28. The summed E-state index contributed by atoms with van der Waals surface area (Å²) in [6.45, 7) is 4.74. The van der Waals surface area contributed by atoms with Gasteiger partial charge in [-0.1, -0.05) is 57.0 Å². The van der Waals surface area contributed by atoms with Crippen LogP contribution in [-0.2, 0) is 5.41 Å². The van der Waals surface area contributed by atoms with E-state index in [9.17, 15) is 0 Å². The number of aliphatic hydroxyl groups excluding tert-OH is 1. The number of hydrogen-bond donors (Lipinski definition) is 1. The lowest BCUT2D eigenvalue weighted by molar-refractivity contribution is 0.236. The lowest BCUT2D eigenvalue weighted by Crippen LogP contribution is -2.23. The maximum Gasteiger partial charge on any atom is 0.0439 e. The van der Waals surface area contributed by atoms with E-state index >= 15 is 0 Å². The van der Waals surface area contributed by atoms with Crippen LogP contribution in [0, 0.1) is 0 Å². The van der Waals surface area contributed by atoms with E-state index in [4.69, 9.17) is 5.11 Å². The van der Waals surface area contributed by atoms with Crippen molar-refractivity contribution in [3.8, 4) is 0 Å². The third kappa shape index (κ3) is 3.35. The van der Waals surface area contributed by atoms with Gasteiger partial charge in [0.2, 0.25) is 0 Å². The third-order valence-electron chi connectivity index (χ3n) is 3.22. The zero-order valence-corrected chi connectivity index (χ0v) is 9.87. The van der Waals surface area contributed by atoms with Gasteiger partial charge in [-0.2, -0.15) is 0 Å². The normalized spacial score (nSPS) is 14.9. The van der Waals surface area contributed by atoms with Crippen LogP contribution >= 0.6 is 0 Å². The zero-order valence-electron chi connectivity index (χ0n) is 9.87. The molecular weight excluding hydrogens is 184 g/mol. The van der Waals surface area contributed by atoms with Crippen LogP contribution in [-0.4, -0.2) is 11.7 Å². The highest BCUT2D eigenvalue weighted by Crippen LogP contribution is 2.32. The maximum absolute atomic E-state index is 9.16. The molecule has 0 radical (unpaired) electrons. The molecule has 1 heteroatoms. The van der Waals surface area contributed by atoms with Crippen LogP contribution in [0.4, 0.5) is 0 Å². The minimum atomic E-state index is 0.145. The SMILES string of the molecule is CCCCC(C)(CCO)c1ccccc1. The minimum absolute atomic E-state index is 0.145. The molecule has 84 valence electrons. The molecule has 0 heterocycles. The summed E-state index contributed by atoms with van der Waals surface area (Å²) in [5.41, 5.74) is 1.50. The highest BCUT2D eigenvalue weighted by molar-refractivity contribution is 5.24. The first-order valence-electron chi connectivity index (χ1n) is 5.89. The van der Waals surface area contributed by atoms with Crippen molar-refractivity contribution in [3.05, 3.63) is 35.9 Å². The molecular formula is C14H22O. The predicted molar refractivity (Wildman–Crippen MR) is 65.0 cm³/mol. The van der Waals surface area contributed by atoms with Gasteiger partial charge in [-0.3, -0.25) is 0 Å². The highest BCUT2D eigenvalue weighted by atomic mass is 16.3. The molecule has 0 spiro atoms. The molecule has 0 fully saturated rings. The molecule has 0 aromatic heterocycles. The number of aliphatic hydroxyl groups is 1. The predicted octanol–water partition coefficient (Wildman–Crippen LogP) is 3.52. The number of rotatable bonds is 6. The van der Waals surface area contributed by atoms with Gasteiger partial charge in [0.05, 0.1) is 0 Å². The second kappa shape index (κ2) is 5.92. The van der Waals surface area contributed by atoms with Crippen molar-refractivity contribution in [1.29, 1.82) is 0 Å². The fourth-order valence-electron chi connectivity index (χ4n) is 2.07. The Hall–Kier alpha value is -0.820. The summed E-state index contributed by atoms with van der Waals surface area (Å²) >= 11 is 0. The van der Waals surface area contributed by atoms with Crippen LogP contribution in [0.3, 0.4) is 0 Å². The van der Waals surface area contributed by atoms with E-state index in [1.165, 1.54) is 18.4 Å². The van der Waals surface area contributed by atoms with Crippen molar-refractivity contribution in [2.24, 2.45) is 0 Å². The smallest absolute Gasteiger partial charge is 0.0439 e. The van der Waals surface area contributed by atoms with E-state index < -0.39 is 0 Å². The van der Waals surface area contributed by atoms with E-state index in [0.717, 1.165) is 12.8 Å². The molecule has 1 nitrogen and oxygen atoms in total. The van der Waals surface area contributed by atoms with Crippen molar-refractivity contribution < 1.29 is 5.11 Å². The lowest BCUT2D eigenvalue weighted by atomic mass is 9.76. The van der Waals surface area contributed by atoms with Crippen molar-refractivity contribution in [1.82, 2.24) is 0 Å². The molecule has 15 heavy (non-hydrogen) atoms. The quantitative estimate of drug-likeness (QED) is 0.755. The van der Waals surface area contributed by atoms with Gasteiger partial charge in [0.1, 0.15) is 0 Å². The Morgan fingerprint density at radius 1 is 1.13 bits per heavy atom. The standard InChI is InChI=1S/C14H22O/c1-3-4-10-14(2,11-12-15)13-8-6-5-7-9-13/h5-9,15H,3-4,10-12H2,1-2H3. The van der Waals surface area contributed by atoms with E-state index in [-0.39, 0.29) is 12.0 Å². The molecule has 1 aromatic rings. The molecule has 0 aliphatic rings. The van der Waals surface area contributed by atoms with Crippen molar-refractivity contribution in [2.45, 2.75) is 44.9 Å². The minimum Gasteiger partial charge on any atom is -0.396 e. The second-order valence-electron chi connectivity index (χ2n) is 4.50. The Balaban J connectivity index is 2.80. The van der Waals surface area contributed by atoms with Crippen LogP contribution < -0.4 is 0 Å². The fourth-order valence-corrected chi connectivity index (χ4v) is 2.07.